The molecule has 0 bridgehead atoms. The molecule has 1 amide bonds. The number of pyridine rings is 1. The van der Waals surface area contributed by atoms with Crippen molar-refractivity contribution in [2.75, 3.05) is 12.0 Å². The van der Waals surface area contributed by atoms with Crippen LogP contribution in [0, 0.1) is 0 Å². The Labute approximate surface area is 219 Å². The average Bonchev–Trinajstić information content (AvgIpc) is 2.90. The maximum Gasteiger partial charge on any atom is 0.357 e. The summed E-state index contributed by atoms with van der Waals surface area (Å²) in [5, 5.41) is -1.53. The molecular formula is C27H22N2O7S2. The Balaban J connectivity index is 1.60. The second-order valence-electron chi connectivity index (χ2n) is 8.84. The Kier molecular flexibility index (Phi) is 6.49. The molecule has 9 nitrogen and oxygen atoms in total. The Hall–Kier alpha value is -4.09. The van der Waals surface area contributed by atoms with Crippen molar-refractivity contribution in [2.45, 2.75) is 11.5 Å². The van der Waals surface area contributed by atoms with Crippen molar-refractivity contribution < 1.29 is 31.2 Å². The van der Waals surface area contributed by atoms with Crippen molar-refractivity contribution in [3.8, 4) is 0 Å². The molecule has 194 valence electrons. The zero-order valence-electron chi connectivity index (χ0n) is 20.1. The van der Waals surface area contributed by atoms with Gasteiger partial charge < -0.3 is 4.74 Å². The summed E-state index contributed by atoms with van der Waals surface area (Å²) in [6, 6.07) is 22.5. The fraction of sp³-hybridized carbons (Fsp3) is 0.148. The number of β-lactam (4-membered cyclic amide) rings is 1. The monoisotopic (exact) mass is 550 g/mol. The molecule has 3 aromatic rings. The zero-order chi connectivity index (χ0) is 27.1. The van der Waals surface area contributed by atoms with Crippen LogP contribution in [0.5, 0.6) is 0 Å². The molecule has 2 aromatic carbocycles. The number of amides is 1. The summed E-state index contributed by atoms with van der Waals surface area (Å²) < 4.78 is 57.5. The van der Waals surface area contributed by atoms with Crippen LogP contribution in [0.4, 0.5) is 0 Å². The molecule has 1 saturated heterocycles. The van der Waals surface area contributed by atoms with Crippen LogP contribution < -0.4 is 0 Å². The number of carbonyl (C=O) groups excluding carboxylic acids is 2. The van der Waals surface area contributed by atoms with Crippen LogP contribution >= 0.6 is 0 Å². The molecule has 5 rings (SSSR count). The summed E-state index contributed by atoms with van der Waals surface area (Å²) in [6.07, 6.45) is 2.67. The van der Waals surface area contributed by atoms with Crippen LogP contribution in [0.25, 0.3) is 6.08 Å². The summed E-state index contributed by atoms with van der Waals surface area (Å²) in [7, 11) is -8.40. The van der Waals surface area contributed by atoms with Crippen LogP contribution in [-0.4, -0.2) is 56.0 Å². The standard InChI is InChI=1S/C27H22N2O7S2/c1-37(32,33)22-17-38(34,35)26-21(16-20-14-8-9-15-28-20)25(30)29(26)23(22)27(31)36-24(18-10-4-2-5-11-18)19-12-6-3-7-13-19/h2-16,24,26H,17H2,1H3/b21-16+. The first-order valence-electron chi connectivity index (χ1n) is 11.5. The zero-order valence-corrected chi connectivity index (χ0v) is 21.7. The highest BCUT2D eigenvalue weighted by atomic mass is 32.2. The summed E-state index contributed by atoms with van der Waals surface area (Å²) in [5.74, 6) is -2.87. The number of aromatic nitrogens is 1. The summed E-state index contributed by atoms with van der Waals surface area (Å²) in [6.45, 7) is 0. The average molecular weight is 551 g/mol. The quantitative estimate of drug-likeness (QED) is 0.260. The number of hydrogen-bond donors (Lipinski definition) is 0. The Morgan fingerprint density at radius 1 is 1.00 bits per heavy atom. The smallest absolute Gasteiger partial charge is 0.357 e. The third-order valence-electron chi connectivity index (χ3n) is 6.21. The highest BCUT2D eigenvalue weighted by molar-refractivity contribution is 7.98. The van der Waals surface area contributed by atoms with Gasteiger partial charge in [0, 0.05) is 12.5 Å². The van der Waals surface area contributed by atoms with E-state index >= 15 is 0 Å². The lowest BCUT2D eigenvalue weighted by Gasteiger charge is -2.45. The number of sulfone groups is 2. The normalized spacial score (nSPS) is 19.7. The minimum atomic E-state index is -4.20. The summed E-state index contributed by atoms with van der Waals surface area (Å²) in [4.78, 5) is 31.0. The Morgan fingerprint density at radius 3 is 2.11 bits per heavy atom. The molecule has 3 heterocycles. The fourth-order valence-corrected chi connectivity index (χ4v) is 8.08. The van der Waals surface area contributed by atoms with Gasteiger partial charge in [-0.3, -0.25) is 14.7 Å². The van der Waals surface area contributed by atoms with Crippen molar-refractivity contribution in [1.29, 1.82) is 0 Å². The van der Waals surface area contributed by atoms with Gasteiger partial charge in [-0.25, -0.2) is 21.6 Å². The number of hydrogen-bond acceptors (Lipinski definition) is 8. The van der Waals surface area contributed by atoms with Crippen LogP contribution in [0.2, 0.25) is 0 Å². The number of fused-ring (bicyclic) bond motifs is 1. The van der Waals surface area contributed by atoms with E-state index in [-0.39, 0.29) is 5.57 Å². The van der Waals surface area contributed by atoms with Crippen molar-refractivity contribution in [1.82, 2.24) is 9.88 Å². The lowest BCUT2D eigenvalue weighted by Crippen LogP contribution is -2.62. The molecule has 2 aliphatic heterocycles. The maximum absolute atomic E-state index is 13.7. The largest absolute Gasteiger partial charge is 0.448 e. The number of nitrogens with zero attached hydrogens (tertiary/aromatic N) is 2. The first-order chi connectivity index (χ1) is 18.1. The van der Waals surface area contributed by atoms with Gasteiger partial charge in [-0.05, 0) is 29.3 Å². The molecule has 1 unspecified atom stereocenters. The van der Waals surface area contributed by atoms with E-state index in [2.05, 4.69) is 4.98 Å². The van der Waals surface area contributed by atoms with E-state index in [0.29, 0.717) is 21.7 Å². The SMILES string of the molecule is CS(=O)(=O)C1=C(C(=O)OC(c2ccccc2)c2ccccc2)N2C(=O)/C(=C\c3ccccn3)C2S(=O)(=O)C1. The van der Waals surface area contributed by atoms with Gasteiger partial charge in [0.05, 0.1) is 21.9 Å². The van der Waals surface area contributed by atoms with E-state index in [0.717, 1.165) is 6.26 Å². The van der Waals surface area contributed by atoms with Gasteiger partial charge in [-0.15, -0.1) is 0 Å². The molecule has 0 spiro atoms. The van der Waals surface area contributed by atoms with Gasteiger partial charge in [0.2, 0.25) is 0 Å². The van der Waals surface area contributed by atoms with Crippen molar-refractivity contribution >= 4 is 37.6 Å². The topological polar surface area (TPSA) is 128 Å². The molecule has 0 N–H and O–H groups in total. The van der Waals surface area contributed by atoms with Gasteiger partial charge in [0.25, 0.3) is 5.91 Å². The van der Waals surface area contributed by atoms with Gasteiger partial charge in [-0.1, -0.05) is 66.7 Å². The molecule has 0 radical (unpaired) electrons. The molecule has 11 heteroatoms. The predicted octanol–water partition coefficient (Wildman–Crippen LogP) is 2.65. The number of ether oxygens (including phenoxy) is 1. The van der Waals surface area contributed by atoms with E-state index in [1.54, 1.807) is 78.9 Å². The first kappa shape index (κ1) is 25.6. The molecule has 1 atom stereocenters. The maximum atomic E-state index is 13.7. The highest BCUT2D eigenvalue weighted by Crippen LogP contribution is 2.43. The van der Waals surface area contributed by atoms with Gasteiger partial charge in [0.15, 0.2) is 31.2 Å². The highest BCUT2D eigenvalue weighted by Gasteiger charge is 2.58. The van der Waals surface area contributed by atoms with E-state index in [4.69, 9.17) is 4.74 Å². The van der Waals surface area contributed by atoms with Crippen molar-refractivity contribution in [3.63, 3.8) is 0 Å². The first-order valence-corrected chi connectivity index (χ1v) is 15.1. The lowest BCUT2D eigenvalue weighted by atomic mass is 10.0. The number of rotatable bonds is 6. The van der Waals surface area contributed by atoms with E-state index < -0.39 is 59.4 Å². The second kappa shape index (κ2) is 9.66. The lowest BCUT2D eigenvalue weighted by molar-refractivity contribution is -0.149. The Bertz CT molecular complexity index is 1640. The van der Waals surface area contributed by atoms with E-state index in [9.17, 15) is 26.4 Å². The van der Waals surface area contributed by atoms with Crippen LogP contribution in [0.3, 0.4) is 0 Å². The van der Waals surface area contributed by atoms with E-state index in [1.807, 2.05) is 0 Å². The molecule has 1 fully saturated rings. The molecule has 2 aliphatic rings. The number of esters is 1. The summed E-state index contributed by atoms with van der Waals surface area (Å²) in [5.41, 5.74) is 0.871. The Morgan fingerprint density at radius 2 is 1.58 bits per heavy atom. The van der Waals surface area contributed by atoms with Crippen molar-refractivity contribution in [2.24, 2.45) is 0 Å². The molecule has 0 saturated carbocycles. The van der Waals surface area contributed by atoms with Crippen LogP contribution in [0.1, 0.15) is 22.9 Å². The van der Waals surface area contributed by atoms with Gasteiger partial charge in [-0.2, -0.15) is 0 Å². The summed E-state index contributed by atoms with van der Waals surface area (Å²) >= 11 is 0. The van der Waals surface area contributed by atoms with E-state index in [1.165, 1.54) is 12.3 Å². The van der Waals surface area contributed by atoms with Gasteiger partial charge in [0.1, 0.15) is 5.70 Å². The van der Waals surface area contributed by atoms with Crippen LogP contribution in [-0.2, 0) is 34.0 Å². The van der Waals surface area contributed by atoms with Gasteiger partial charge >= 0.3 is 5.97 Å². The number of carbonyl (C=O) groups is 2. The molecule has 0 aliphatic carbocycles. The second-order valence-corrected chi connectivity index (χ2v) is 12.9. The van der Waals surface area contributed by atoms with Crippen LogP contribution in [0.15, 0.2) is 101 Å². The number of benzene rings is 2. The fourth-order valence-electron chi connectivity index (χ4n) is 4.46. The molecular weight excluding hydrogens is 528 g/mol. The van der Waals surface area contributed by atoms with Crippen molar-refractivity contribution in [3.05, 3.63) is 118 Å². The minimum Gasteiger partial charge on any atom is -0.448 e. The minimum absolute atomic E-state index is 0.107. The predicted molar refractivity (Wildman–Crippen MR) is 139 cm³/mol. The molecule has 38 heavy (non-hydrogen) atoms. The third kappa shape index (κ3) is 4.66. The molecule has 1 aromatic heterocycles. The third-order valence-corrected chi connectivity index (χ3v) is 9.46.